The van der Waals surface area contributed by atoms with Crippen molar-refractivity contribution in [2.45, 2.75) is 32.2 Å². The first kappa shape index (κ1) is 16.4. The van der Waals surface area contributed by atoms with Crippen LogP contribution in [-0.2, 0) is 19.4 Å². The molecule has 3 aromatic heterocycles. The molecule has 1 fully saturated rings. The van der Waals surface area contributed by atoms with E-state index in [4.69, 9.17) is 10.7 Å². The van der Waals surface area contributed by atoms with Gasteiger partial charge in [-0.05, 0) is 31.2 Å². The number of hydrogen-bond acceptors (Lipinski definition) is 8. The lowest BCUT2D eigenvalue weighted by Crippen LogP contribution is -2.46. The fourth-order valence-corrected chi connectivity index (χ4v) is 5.96. The number of fused-ring (bicyclic) bond motifs is 3. The van der Waals surface area contributed by atoms with Crippen molar-refractivity contribution in [1.82, 2.24) is 19.9 Å². The second-order valence-corrected chi connectivity index (χ2v) is 8.95. The molecule has 0 atom stereocenters. The maximum absolute atomic E-state index is 6.34. The van der Waals surface area contributed by atoms with Crippen LogP contribution >= 0.6 is 22.7 Å². The molecule has 0 radical (unpaired) electrons. The molecule has 1 aliphatic heterocycles. The molecule has 1 aliphatic carbocycles. The van der Waals surface area contributed by atoms with Crippen molar-refractivity contribution in [3.05, 3.63) is 27.8 Å². The number of thiophene rings is 1. The number of nitrogens with zero attached hydrogens (tertiary/aromatic N) is 5. The Hall–Kier alpha value is -1.77. The van der Waals surface area contributed by atoms with Gasteiger partial charge < -0.3 is 10.6 Å². The molecule has 3 aromatic rings. The summed E-state index contributed by atoms with van der Waals surface area (Å²) in [5.41, 5.74) is 7.75. The Morgan fingerprint density at radius 1 is 1.08 bits per heavy atom. The number of thiazole rings is 1. The highest BCUT2D eigenvalue weighted by atomic mass is 32.1. The first-order valence-corrected chi connectivity index (χ1v) is 10.9. The standard InChI is InChI=1S/C18H22N6S2/c19-16-15-12-3-1-2-4-13(12)26-17(15)22-14(21-16)11-23-6-8-24(9-7-23)18-20-5-10-25-18/h5,10H,1-4,6-9,11H2,(H2,19,21,22). The van der Waals surface area contributed by atoms with Crippen LogP contribution in [0.4, 0.5) is 10.9 Å². The van der Waals surface area contributed by atoms with Gasteiger partial charge in [-0.1, -0.05) is 0 Å². The van der Waals surface area contributed by atoms with Crippen LogP contribution in [0.1, 0.15) is 29.1 Å². The lowest BCUT2D eigenvalue weighted by molar-refractivity contribution is 0.244. The molecule has 0 saturated carbocycles. The van der Waals surface area contributed by atoms with Gasteiger partial charge >= 0.3 is 0 Å². The van der Waals surface area contributed by atoms with E-state index >= 15 is 0 Å². The molecule has 8 heteroatoms. The van der Waals surface area contributed by atoms with Crippen LogP contribution in [0.3, 0.4) is 0 Å². The van der Waals surface area contributed by atoms with Crippen LogP contribution < -0.4 is 10.6 Å². The van der Waals surface area contributed by atoms with E-state index in [0.717, 1.165) is 60.3 Å². The number of aryl methyl sites for hydroxylation is 2. The highest BCUT2D eigenvalue weighted by Crippen LogP contribution is 2.37. The summed E-state index contributed by atoms with van der Waals surface area (Å²) in [6, 6.07) is 0. The highest BCUT2D eigenvalue weighted by Gasteiger charge is 2.22. The van der Waals surface area contributed by atoms with Gasteiger partial charge in [0.1, 0.15) is 16.5 Å². The normalized spacial score (nSPS) is 18.4. The predicted octanol–water partition coefficient (Wildman–Crippen LogP) is 2.93. The Kier molecular flexibility index (Phi) is 4.26. The van der Waals surface area contributed by atoms with Crippen LogP contribution in [0.15, 0.2) is 11.6 Å². The molecule has 2 N–H and O–H groups in total. The van der Waals surface area contributed by atoms with Crippen molar-refractivity contribution in [2.24, 2.45) is 0 Å². The van der Waals surface area contributed by atoms with E-state index in [1.165, 1.54) is 29.7 Å². The molecule has 0 unspecified atom stereocenters. The second kappa shape index (κ2) is 6.75. The number of piperazine rings is 1. The van der Waals surface area contributed by atoms with Crippen LogP contribution in [0.25, 0.3) is 10.2 Å². The van der Waals surface area contributed by atoms with Gasteiger partial charge in [0.25, 0.3) is 0 Å². The summed E-state index contributed by atoms with van der Waals surface area (Å²) in [6.45, 7) is 4.77. The number of nitrogen functional groups attached to an aromatic ring is 1. The molecule has 0 spiro atoms. The molecule has 1 saturated heterocycles. The number of hydrogen-bond donors (Lipinski definition) is 1. The number of aromatic nitrogens is 3. The average molecular weight is 387 g/mol. The fourth-order valence-electron chi connectivity index (χ4n) is 3.97. The first-order chi connectivity index (χ1) is 12.8. The third kappa shape index (κ3) is 2.95. The Labute approximate surface area is 160 Å². The van der Waals surface area contributed by atoms with Crippen molar-refractivity contribution in [2.75, 3.05) is 36.8 Å². The van der Waals surface area contributed by atoms with Gasteiger partial charge in [-0.15, -0.1) is 22.7 Å². The third-order valence-corrected chi connectivity index (χ3v) is 7.33. The van der Waals surface area contributed by atoms with Gasteiger partial charge in [-0.2, -0.15) is 0 Å². The fraction of sp³-hybridized carbons (Fsp3) is 0.500. The quantitative estimate of drug-likeness (QED) is 0.746. The molecule has 6 nitrogen and oxygen atoms in total. The molecule has 4 heterocycles. The highest BCUT2D eigenvalue weighted by molar-refractivity contribution is 7.19. The summed E-state index contributed by atoms with van der Waals surface area (Å²) < 4.78 is 0. The van der Waals surface area contributed by atoms with Gasteiger partial charge in [0.2, 0.25) is 0 Å². The van der Waals surface area contributed by atoms with Gasteiger partial charge in [-0.25, -0.2) is 15.0 Å². The van der Waals surface area contributed by atoms with Crippen LogP contribution in [0.5, 0.6) is 0 Å². The Bertz CT molecular complexity index is 912. The van der Waals surface area contributed by atoms with Gasteiger partial charge in [0, 0.05) is 42.6 Å². The summed E-state index contributed by atoms with van der Waals surface area (Å²) >= 11 is 3.53. The zero-order chi connectivity index (χ0) is 17.5. The number of nitrogens with two attached hydrogens (primary N) is 1. The summed E-state index contributed by atoms with van der Waals surface area (Å²) in [5, 5.41) is 4.28. The maximum Gasteiger partial charge on any atom is 0.185 e. The molecule has 5 rings (SSSR count). The topological polar surface area (TPSA) is 71.2 Å². The Balaban J connectivity index is 1.32. The van der Waals surface area contributed by atoms with Gasteiger partial charge in [-0.3, -0.25) is 4.90 Å². The summed E-state index contributed by atoms with van der Waals surface area (Å²) in [5.74, 6) is 1.53. The van der Waals surface area contributed by atoms with Crippen LogP contribution in [0.2, 0.25) is 0 Å². The van der Waals surface area contributed by atoms with E-state index in [1.54, 1.807) is 11.3 Å². The summed E-state index contributed by atoms with van der Waals surface area (Å²) in [6.07, 6.45) is 6.70. The maximum atomic E-state index is 6.34. The zero-order valence-electron chi connectivity index (χ0n) is 14.6. The Morgan fingerprint density at radius 3 is 2.73 bits per heavy atom. The minimum Gasteiger partial charge on any atom is -0.383 e. The summed E-state index contributed by atoms with van der Waals surface area (Å²) in [7, 11) is 0. The SMILES string of the molecule is Nc1nc(CN2CCN(c3nccs3)CC2)nc2sc3c(c12)CCCC3. The number of rotatable bonds is 3. The predicted molar refractivity (Wildman–Crippen MR) is 108 cm³/mol. The Morgan fingerprint density at radius 2 is 1.92 bits per heavy atom. The van der Waals surface area contributed by atoms with E-state index in [2.05, 4.69) is 19.8 Å². The van der Waals surface area contributed by atoms with Gasteiger partial charge in [0.15, 0.2) is 5.13 Å². The van der Waals surface area contributed by atoms with Crippen molar-refractivity contribution in [3.8, 4) is 0 Å². The molecule has 0 aromatic carbocycles. The molecule has 2 aliphatic rings. The molecule has 0 bridgehead atoms. The smallest absolute Gasteiger partial charge is 0.185 e. The summed E-state index contributed by atoms with van der Waals surface area (Å²) in [4.78, 5) is 21.3. The van der Waals surface area contributed by atoms with E-state index in [-0.39, 0.29) is 0 Å². The molecule has 0 amide bonds. The lowest BCUT2D eigenvalue weighted by atomic mass is 9.97. The van der Waals surface area contributed by atoms with Crippen molar-refractivity contribution in [3.63, 3.8) is 0 Å². The molecular formula is C18H22N6S2. The lowest BCUT2D eigenvalue weighted by Gasteiger charge is -2.34. The van der Waals surface area contributed by atoms with Crippen LogP contribution in [-0.4, -0.2) is 46.0 Å². The number of anilines is 2. The van der Waals surface area contributed by atoms with Crippen molar-refractivity contribution >= 4 is 43.8 Å². The van der Waals surface area contributed by atoms with E-state index < -0.39 is 0 Å². The second-order valence-electron chi connectivity index (χ2n) is 6.99. The molecular weight excluding hydrogens is 364 g/mol. The van der Waals surface area contributed by atoms with Crippen molar-refractivity contribution < 1.29 is 0 Å². The minimum atomic E-state index is 0.672. The van der Waals surface area contributed by atoms with E-state index in [0.29, 0.717) is 5.82 Å². The first-order valence-electron chi connectivity index (χ1n) is 9.21. The van der Waals surface area contributed by atoms with E-state index in [9.17, 15) is 0 Å². The zero-order valence-corrected chi connectivity index (χ0v) is 16.3. The minimum absolute atomic E-state index is 0.672. The van der Waals surface area contributed by atoms with Crippen LogP contribution in [0, 0.1) is 0 Å². The molecule has 136 valence electrons. The van der Waals surface area contributed by atoms with Gasteiger partial charge in [0.05, 0.1) is 11.9 Å². The molecule has 26 heavy (non-hydrogen) atoms. The van der Waals surface area contributed by atoms with E-state index in [1.807, 2.05) is 22.9 Å². The average Bonchev–Trinajstić information content (AvgIpc) is 3.30. The third-order valence-electron chi connectivity index (χ3n) is 5.32. The largest absolute Gasteiger partial charge is 0.383 e. The monoisotopic (exact) mass is 386 g/mol. The van der Waals surface area contributed by atoms with Crippen molar-refractivity contribution in [1.29, 1.82) is 0 Å².